The van der Waals surface area contributed by atoms with Crippen LogP contribution in [0.4, 0.5) is 19.4 Å². The van der Waals surface area contributed by atoms with Crippen LogP contribution in [-0.4, -0.2) is 32.1 Å². The lowest BCUT2D eigenvalue weighted by molar-refractivity contribution is -0.114. The second kappa shape index (κ2) is 7.42. The summed E-state index contributed by atoms with van der Waals surface area (Å²) < 4.78 is 34.5. The van der Waals surface area contributed by atoms with Gasteiger partial charge in [0.25, 0.3) is 5.92 Å². The van der Waals surface area contributed by atoms with E-state index in [1.807, 2.05) is 0 Å². The number of halogens is 2. The van der Waals surface area contributed by atoms with Gasteiger partial charge in [-0.25, -0.2) is 14.8 Å². The molecule has 0 saturated heterocycles. The first-order chi connectivity index (χ1) is 13.8. The number of carbonyl (C=O) groups excluding carboxylic acids is 2. The van der Waals surface area contributed by atoms with Gasteiger partial charge in [0.1, 0.15) is 22.1 Å². The number of carbonyl (C=O) groups is 2. The Bertz CT molecular complexity index is 1140. The third kappa shape index (κ3) is 4.48. The maximum atomic E-state index is 13.9. The van der Waals surface area contributed by atoms with Crippen LogP contribution in [0.25, 0.3) is 21.5 Å². The van der Waals surface area contributed by atoms with Crippen LogP contribution < -0.4 is 5.32 Å². The third-order valence-electron chi connectivity index (χ3n) is 4.03. The maximum Gasteiger partial charge on any atom is 0.419 e. The number of aromatic nitrogens is 3. The van der Waals surface area contributed by atoms with E-state index in [1.165, 1.54) is 23.9 Å². The van der Waals surface area contributed by atoms with Crippen LogP contribution in [0.2, 0.25) is 0 Å². The van der Waals surface area contributed by atoms with E-state index in [0.717, 1.165) is 18.3 Å². The fourth-order valence-electron chi connectivity index (χ4n) is 2.92. The molecule has 1 amide bonds. The van der Waals surface area contributed by atoms with Crippen LogP contribution in [0.5, 0.6) is 0 Å². The van der Waals surface area contributed by atoms with E-state index < -0.39 is 17.6 Å². The molecule has 0 bridgehead atoms. The Labute approximate surface area is 176 Å². The Morgan fingerprint density at radius 3 is 2.43 bits per heavy atom. The van der Waals surface area contributed by atoms with Crippen LogP contribution in [0, 0.1) is 6.92 Å². The number of nitrogens with zero attached hydrogens (tertiary/aromatic N) is 3. The average Bonchev–Trinajstić information content (AvgIpc) is 3.12. The third-order valence-corrected chi connectivity index (χ3v) is 5.03. The SMILES string of the molecule is CC(=O)Nc1cc2c(-c3nc(C(C)(F)F)c(C)s3)cn(C(=O)OC(C)(C)C)c2cn1. The molecule has 1 N–H and O–H groups in total. The number of rotatable bonds is 3. The molecule has 3 rings (SSSR count). The van der Waals surface area contributed by atoms with E-state index in [9.17, 15) is 18.4 Å². The van der Waals surface area contributed by atoms with Gasteiger partial charge in [-0.1, -0.05) is 0 Å². The molecule has 0 spiro atoms. The molecular formula is C20H22F2N4O3S. The summed E-state index contributed by atoms with van der Waals surface area (Å²) in [6, 6.07) is 1.58. The first kappa shape index (κ1) is 21.8. The number of nitrogens with one attached hydrogen (secondary N) is 1. The molecule has 3 aromatic heterocycles. The van der Waals surface area contributed by atoms with Crippen LogP contribution in [0.3, 0.4) is 0 Å². The number of ether oxygens (including phenoxy) is 1. The highest BCUT2D eigenvalue weighted by atomic mass is 32.1. The van der Waals surface area contributed by atoms with E-state index >= 15 is 0 Å². The van der Waals surface area contributed by atoms with Gasteiger partial charge in [0, 0.05) is 35.9 Å². The van der Waals surface area contributed by atoms with Gasteiger partial charge in [0.05, 0.1) is 11.7 Å². The number of aryl methyl sites for hydroxylation is 1. The molecule has 7 nitrogen and oxygen atoms in total. The molecule has 160 valence electrons. The van der Waals surface area contributed by atoms with Crippen molar-refractivity contribution in [1.29, 1.82) is 0 Å². The number of hydrogen-bond acceptors (Lipinski definition) is 6. The highest BCUT2D eigenvalue weighted by Crippen LogP contribution is 2.39. The van der Waals surface area contributed by atoms with Crippen molar-refractivity contribution in [3.8, 4) is 10.6 Å². The Kier molecular flexibility index (Phi) is 5.40. The minimum Gasteiger partial charge on any atom is -0.443 e. The number of anilines is 1. The van der Waals surface area contributed by atoms with Gasteiger partial charge >= 0.3 is 6.09 Å². The Balaban J connectivity index is 2.22. The summed E-state index contributed by atoms with van der Waals surface area (Å²) in [4.78, 5) is 32.8. The molecule has 0 atom stereocenters. The van der Waals surface area contributed by atoms with E-state index in [1.54, 1.807) is 33.8 Å². The van der Waals surface area contributed by atoms with E-state index in [4.69, 9.17) is 4.74 Å². The van der Waals surface area contributed by atoms with Crippen molar-refractivity contribution in [3.63, 3.8) is 0 Å². The topological polar surface area (TPSA) is 86.1 Å². The Morgan fingerprint density at radius 1 is 1.23 bits per heavy atom. The number of fused-ring (bicyclic) bond motifs is 1. The fraction of sp³-hybridized carbons (Fsp3) is 0.400. The van der Waals surface area contributed by atoms with Crippen molar-refractivity contribution in [2.24, 2.45) is 0 Å². The second-order valence-electron chi connectivity index (χ2n) is 7.97. The molecule has 0 aliphatic heterocycles. The minimum atomic E-state index is -3.09. The number of thiazole rings is 1. The lowest BCUT2D eigenvalue weighted by Crippen LogP contribution is -2.26. The second-order valence-corrected chi connectivity index (χ2v) is 9.18. The molecule has 0 saturated carbocycles. The molecular weight excluding hydrogens is 414 g/mol. The summed E-state index contributed by atoms with van der Waals surface area (Å²) >= 11 is 1.10. The van der Waals surface area contributed by atoms with Gasteiger partial charge in [0.15, 0.2) is 0 Å². The lowest BCUT2D eigenvalue weighted by Gasteiger charge is -2.19. The van der Waals surface area contributed by atoms with Gasteiger partial charge in [-0.15, -0.1) is 11.3 Å². The quantitative estimate of drug-likeness (QED) is 0.600. The molecule has 10 heteroatoms. The van der Waals surface area contributed by atoms with Crippen molar-refractivity contribution in [2.75, 3.05) is 5.32 Å². The molecule has 3 heterocycles. The predicted molar refractivity (Wildman–Crippen MR) is 111 cm³/mol. The zero-order chi connectivity index (χ0) is 22.4. The Morgan fingerprint density at radius 2 is 1.90 bits per heavy atom. The van der Waals surface area contributed by atoms with E-state index in [-0.39, 0.29) is 17.4 Å². The highest BCUT2D eigenvalue weighted by molar-refractivity contribution is 7.15. The molecule has 0 aliphatic rings. The first-order valence-corrected chi connectivity index (χ1v) is 9.96. The smallest absolute Gasteiger partial charge is 0.419 e. The molecule has 0 radical (unpaired) electrons. The van der Waals surface area contributed by atoms with Crippen LogP contribution in [0.15, 0.2) is 18.5 Å². The lowest BCUT2D eigenvalue weighted by atomic mass is 10.2. The average molecular weight is 436 g/mol. The molecule has 0 unspecified atom stereocenters. The van der Waals surface area contributed by atoms with E-state index in [0.29, 0.717) is 26.4 Å². The number of pyridine rings is 1. The van der Waals surface area contributed by atoms with Crippen molar-refractivity contribution >= 4 is 40.1 Å². The molecule has 0 aromatic carbocycles. The summed E-state index contributed by atoms with van der Waals surface area (Å²) in [6.07, 6.45) is 2.28. The number of alkyl halides is 2. The van der Waals surface area contributed by atoms with Crippen molar-refractivity contribution in [3.05, 3.63) is 29.0 Å². The summed E-state index contributed by atoms with van der Waals surface area (Å²) in [5.74, 6) is -3.13. The molecule has 0 fully saturated rings. The predicted octanol–water partition coefficient (Wildman–Crippen LogP) is 5.32. The van der Waals surface area contributed by atoms with Gasteiger partial charge in [-0.3, -0.25) is 9.36 Å². The molecule has 3 aromatic rings. The van der Waals surface area contributed by atoms with Crippen molar-refractivity contribution in [2.45, 2.75) is 53.1 Å². The Hall–Kier alpha value is -2.88. The highest BCUT2D eigenvalue weighted by Gasteiger charge is 2.31. The minimum absolute atomic E-state index is 0.271. The number of amides is 1. The van der Waals surface area contributed by atoms with Crippen LogP contribution in [-0.2, 0) is 15.5 Å². The summed E-state index contributed by atoms with van der Waals surface area (Å²) in [7, 11) is 0. The zero-order valence-corrected chi connectivity index (χ0v) is 18.3. The summed E-state index contributed by atoms with van der Waals surface area (Å²) in [6.45, 7) is 8.94. The molecule has 30 heavy (non-hydrogen) atoms. The van der Waals surface area contributed by atoms with Crippen molar-refractivity contribution in [1.82, 2.24) is 14.5 Å². The largest absolute Gasteiger partial charge is 0.443 e. The normalized spacial score (nSPS) is 12.3. The fourth-order valence-corrected chi connectivity index (χ4v) is 3.95. The van der Waals surface area contributed by atoms with Crippen molar-refractivity contribution < 1.29 is 23.1 Å². The van der Waals surface area contributed by atoms with E-state index in [2.05, 4.69) is 15.3 Å². The van der Waals surface area contributed by atoms with Crippen LogP contribution in [0.1, 0.15) is 45.2 Å². The molecule has 0 aliphatic carbocycles. The van der Waals surface area contributed by atoms with Gasteiger partial charge in [-0.05, 0) is 33.8 Å². The standard InChI is InChI=1S/C20H22F2N4O3S/c1-10-16(20(6,21)22)25-17(30-10)13-9-26(18(28)29-19(3,4)5)14-8-23-15(7-12(13)14)24-11(2)27/h7-9H,1-6H3,(H,23,24,27). The van der Waals surface area contributed by atoms with Crippen LogP contribution >= 0.6 is 11.3 Å². The zero-order valence-electron chi connectivity index (χ0n) is 17.5. The van der Waals surface area contributed by atoms with Gasteiger partial charge in [-0.2, -0.15) is 8.78 Å². The number of hydrogen-bond donors (Lipinski definition) is 1. The van der Waals surface area contributed by atoms with Gasteiger partial charge < -0.3 is 10.1 Å². The first-order valence-electron chi connectivity index (χ1n) is 9.14. The summed E-state index contributed by atoms with van der Waals surface area (Å²) in [5.41, 5.74) is -0.164. The summed E-state index contributed by atoms with van der Waals surface area (Å²) in [5, 5.41) is 3.44. The van der Waals surface area contributed by atoms with Gasteiger partial charge in [0.2, 0.25) is 5.91 Å². The monoisotopic (exact) mass is 436 g/mol. The maximum absolute atomic E-state index is 13.9.